The van der Waals surface area contributed by atoms with Crippen LogP contribution >= 0.6 is 0 Å². The van der Waals surface area contributed by atoms with E-state index >= 15 is 0 Å². The van der Waals surface area contributed by atoms with Crippen LogP contribution in [-0.4, -0.2) is 55.0 Å². The summed E-state index contributed by atoms with van der Waals surface area (Å²) < 4.78 is 10.5. The average Bonchev–Trinajstić information content (AvgIpc) is 2.74. The highest BCUT2D eigenvalue weighted by Gasteiger charge is 2.25. The number of hydrogen-bond acceptors (Lipinski definition) is 5. The Morgan fingerprint density at radius 3 is 2.30 bits per heavy atom. The van der Waals surface area contributed by atoms with Gasteiger partial charge in [-0.1, -0.05) is 6.07 Å². The van der Waals surface area contributed by atoms with Gasteiger partial charge in [-0.05, 0) is 37.1 Å². The van der Waals surface area contributed by atoms with Gasteiger partial charge in [0.25, 0.3) is 11.8 Å². The molecule has 2 amide bonds. The van der Waals surface area contributed by atoms with Gasteiger partial charge in [-0.3, -0.25) is 14.6 Å². The van der Waals surface area contributed by atoms with Crippen molar-refractivity contribution in [2.45, 2.75) is 18.9 Å². The van der Waals surface area contributed by atoms with E-state index in [1.54, 1.807) is 61.7 Å². The van der Waals surface area contributed by atoms with Crippen molar-refractivity contribution in [1.82, 2.24) is 15.2 Å². The van der Waals surface area contributed by atoms with Crippen LogP contribution in [0.1, 0.15) is 33.7 Å². The third kappa shape index (κ3) is 4.55. The van der Waals surface area contributed by atoms with E-state index in [2.05, 4.69) is 10.3 Å². The molecule has 0 aliphatic carbocycles. The second-order valence-electron chi connectivity index (χ2n) is 6.36. The number of methoxy groups -OCH3 is 2. The van der Waals surface area contributed by atoms with E-state index < -0.39 is 0 Å². The molecule has 7 nitrogen and oxygen atoms in total. The molecule has 3 rings (SSSR count). The molecule has 7 heteroatoms. The van der Waals surface area contributed by atoms with Crippen LogP contribution in [-0.2, 0) is 0 Å². The summed E-state index contributed by atoms with van der Waals surface area (Å²) in [6.45, 7) is 1.15. The molecule has 1 aromatic heterocycles. The van der Waals surface area contributed by atoms with Gasteiger partial charge >= 0.3 is 0 Å². The van der Waals surface area contributed by atoms with E-state index in [1.165, 1.54) is 0 Å². The fourth-order valence-electron chi connectivity index (χ4n) is 3.10. The van der Waals surface area contributed by atoms with Crippen molar-refractivity contribution < 1.29 is 19.1 Å². The molecule has 1 saturated heterocycles. The minimum atomic E-state index is -0.182. The van der Waals surface area contributed by atoms with Gasteiger partial charge in [0.05, 0.1) is 14.2 Å². The normalized spacial score (nSPS) is 14.5. The van der Waals surface area contributed by atoms with Gasteiger partial charge in [0.2, 0.25) is 0 Å². The lowest BCUT2D eigenvalue weighted by Crippen LogP contribution is -2.46. The number of nitrogens with zero attached hydrogens (tertiary/aromatic N) is 2. The predicted molar refractivity (Wildman–Crippen MR) is 100 cm³/mol. The Morgan fingerprint density at radius 2 is 1.74 bits per heavy atom. The van der Waals surface area contributed by atoms with Gasteiger partial charge in [-0.15, -0.1) is 0 Å². The van der Waals surface area contributed by atoms with Crippen LogP contribution in [0, 0.1) is 0 Å². The first-order chi connectivity index (χ1) is 13.1. The molecule has 1 aromatic carbocycles. The Labute approximate surface area is 158 Å². The molecule has 2 aromatic rings. The molecule has 1 fully saturated rings. The number of ether oxygens (including phenoxy) is 2. The van der Waals surface area contributed by atoms with Gasteiger partial charge < -0.3 is 19.7 Å². The monoisotopic (exact) mass is 369 g/mol. The lowest BCUT2D eigenvalue weighted by Gasteiger charge is -2.32. The number of amides is 2. The molecule has 0 unspecified atom stereocenters. The van der Waals surface area contributed by atoms with Crippen LogP contribution in [0.5, 0.6) is 11.5 Å². The number of aromatic nitrogens is 1. The van der Waals surface area contributed by atoms with Crippen molar-refractivity contribution in [2.24, 2.45) is 0 Å². The first kappa shape index (κ1) is 18.7. The van der Waals surface area contributed by atoms with Gasteiger partial charge in [-0.2, -0.15) is 0 Å². The molecule has 1 aliphatic heterocycles. The van der Waals surface area contributed by atoms with E-state index in [0.29, 0.717) is 48.7 Å². The van der Waals surface area contributed by atoms with E-state index in [0.717, 1.165) is 0 Å². The summed E-state index contributed by atoms with van der Waals surface area (Å²) in [4.78, 5) is 30.9. The maximum atomic E-state index is 12.8. The van der Waals surface area contributed by atoms with E-state index in [-0.39, 0.29) is 17.9 Å². The van der Waals surface area contributed by atoms with Crippen molar-refractivity contribution in [3.63, 3.8) is 0 Å². The molecule has 1 N–H and O–H groups in total. The molecular formula is C20H23N3O4. The van der Waals surface area contributed by atoms with Gasteiger partial charge in [0, 0.05) is 37.0 Å². The van der Waals surface area contributed by atoms with Gasteiger partial charge in [0.15, 0.2) is 0 Å². The Morgan fingerprint density at radius 1 is 1.07 bits per heavy atom. The van der Waals surface area contributed by atoms with E-state index in [9.17, 15) is 9.59 Å². The lowest BCUT2D eigenvalue weighted by molar-refractivity contribution is 0.0697. The number of benzene rings is 1. The van der Waals surface area contributed by atoms with E-state index in [4.69, 9.17) is 9.47 Å². The molecule has 2 heterocycles. The Hall–Kier alpha value is -3.09. The second kappa shape index (κ2) is 8.53. The summed E-state index contributed by atoms with van der Waals surface area (Å²) in [7, 11) is 3.11. The number of nitrogens with one attached hydrogen (secondary N) is 1. The maximum absolute atomic E-state index is 12.8. The first-order valence-corrected chi connectivity index (χ1v) is 8.85. The highest BCUT2D eigenvalue weighted by Crippen LogP contribution is 2.24. The molecule has 0 radical (unpaired) electrons. The van der Waals surface area contributed by atoms with Crippen LogP contribution in [0.4, 0.5) is 0 Å². The highest BCUT2D eigenvalue weighted by atomic mass is 16.5. The third-order valence-electron chi connectivity index (χ3n) is 4.61. The molecule has 142 valence electrons. The topological polar surface area (TPSA) is 80.8 Å². The van der Waals surface area contributed by atoms with Crippen LogP contribution in [0.15, 0.2) is 42.6 Å². The smallest absolute Gasteiger partial charge is 0.270 e. The Balaban J connectivity index is 1.59. The average molecular weight is 369 g/mol. The lowest BCUT2D eigenvalue weighted by atomic mass is 10.0. The molecule has 1 aliphatic rings. The van der Waals surface area contributed by atoms with Crippen molar-refractivity contribution in [1.29, 1.82) is 0 Å². The molecule has 0 bridgehead atoms. The van der Waals surface area contributed by atoms with Gasteiger partial charge in [0.1, 0.15) is 17.2 Å². The van der Waals surface area contributed by atoms with Crippen molar-refractivity contribution in [2.75, 3.05) is 27.3 Å². The summed E-state index contributed by atoms with van der Waals surface area (Å²) in [6, 6.07) is 10.4. The number of piperidine rings is 1. The molecule has 0 atom stereocenters. The Bertz CT molecular complexity index is 780. The zero-order chi connectivity index (χ0) is 19.2. The SMILES string of the molecule is COc1cc(OC)cc(C(=O)N2CCC(NC(=O)c3ccccn3)CC2)c1. The van der Waals surface area contributed by atoms with Crippen LogP contribution < -0.4 is 14.8 Å². The second-order valence-corrected chi connectivity index (χ2v) is 6.36. The molecule has 27 heavy (non-hydrogen) atoms. The summed E-state index contributed by atoms with van der Waals surface area (Å²) in [5, 5.41) is 2.99. The molecule has 0 saturated carbocycles. The third-order valence-corrected chi connectivity index (χ3v) is 4.61. The zero-order valence-electron chi connectivity index (χ0n) is 15.5. The first-order valence-electron chi connectivity index (χ1n) is 8.85. The Kier molecular flexibility index (Phi) is 5.90. The number of carbonyl (C=O) groups is 2. The molecule has 0 spiro atoms. The van der Waals surface area contributed by atoms with Crippen LogP contribution in [0.3, 0.4) is 0 Å². The summed E-state index contributed by atoms with van der Waals surface area (Å²) in [5.41, 5.74) is 0.932. The fourth-order valence-corrected chi connectivity index (χ4v) is 3.10. The van der Waals surface area contributed by atoms with Crippen molar-refractivity contribution in [3.05, 3.63) is 53.9 Å². The number of hydrogen-bond donors (Lipinski definition) is 1. The quantitative estimate of drug-likeness (QED) is 0.873. The largest absolute Gasteiger partial charge is 0.497 e. The molecular weight excluding hydrogens is 346 g/mol. The predicted octanol–water partition coefficient (Wildman–Crippen LogP) is 2.13. The number of pyridine rings is 1. The van der Waals surface area contributed by atoms with Crippen molar-refractivity contribution in [3.8, 4) is 11.5 Å². The maximum Gasteiger partial charge on any atom is 0.270 e. The minimum Gasteiger partial charge on any atom is -0.497 e. The standard InChI is InChI=1S/C20H23N3O4/c1-26-16-11-14(12-17(13-16)27-2)20(25)23-9-6-15(7-10-23)22-19(24)18-5-3-4-8-21-18/h3-5,8,11-13,15H,6-7,9-10H2,1-2H3,(H,22,24). The van der Waals surface area contributed by atoms with Crippen LogP contribution in [0.25, 0.3) is 0 Å². The van der Waals surface area contributed by atoms with E-state index in [1.807, 2.05) is 0 Å². The van der Waals surface area contributed by atoms with Gasteiger partial charge in [-0.25, -0.2) is 0 Å². The summed E-state index contributed by atoms with van der Waals surface area (Å²) >= 11 is 0. The van der Waals surface area contributed by atoms with Crippen molar-refractivity contribution >= 4 is 11.8 Å². The summed E-state index contributed by atoms with van der Waals surface area (Å²) in [6.07, 6.45) is 3.00. The highest BCUT2D eigenvalue weighted by molar-refractivity contribution is 5.95. The number of likely N-dealkylation sites (tertiary alicyclic amines) is 1. The number of rotatable bonds is 5. The number of carbonyl (C=O) groups excluding carboxylic acids is 2. The minimum absolute atomic E-state index is 0.0309. The van der Waals surface area contributed by atoms with Crippen LogP contribution in [0.2, 0.25) is 0 Å². The zero-order valence-corrected chi connectivity index (χ0v) is 15.5. The fraction of sp³-hybridized carbons (Fsp3) is 0.350. The summed E-state index contributed by atoms with van der Waals surface area (Å²) in [5.74, 6) is 0.907.